The lowest BCUT2D eigenvalue weighted by Gasteiger charge is -2.23. The minimum Gasteiger partial charge on any atom is -0.454 e. The molecule has 2 atom stereocenters. The zero-order valence-electron chi connectivity index (χ0n) is 16.7. The van der Waals surface area contributed by atoms with Crippen LogP contribution >= 0.6 is 24.2 Å². The molecule has 0 aliphatic heterocycles. The maximum atomic E-state index is 12.8. The molecule has 2 aromatic carbocycles. The van der Waals surface area contributed by atoms with Gasteiger partial charge in [0.25, 0.3) is 0 Å². The van der Waals surface area contributed by atoms with Crippen molar-refractivity contribution >= 4 is 30.2 Å². The van der Waals surface area contributed by atoms with Gasteiger partial charge in [-0.25, -0.2) is 4.98 Å². The van der Waals surface area contributed by atoms with Crippen LogP contribution in [0.1, 0.15) is 48.8 Å². The van der Waals surface area contributed by atoms with E-state index in [0.717, 1.165) is 11.1 Å². The predicted molar refractivity (Wildman–Crippen MR) is 119 cm³/mol. The van der Waals surface area contributed by atoms with Crippen LogP contribution in [0.3, 0.4) is 0 Å². The first-order valence-corrected chi connectivity index (χ1v) is 10.3. The van der Waals surface area contributed by atoms with E-state index in [-0.39, 0.29) is 5.41 Å². The van der Waals surface area contributed by atoms with Crippen LogP contribution in [0.5, 0.6) is 0 Å². The van der Waals surface area contributed by atoms with Crippen LogP contribution in [0.2, 0.25) is 5.02 Å². The number of hydrogen-bond acceptors (Lipinski definition) is 4. The highest BCUT2D eigenvalue weighted by molar-refractivity contribution is 7.81. The Balaban J connectivity index is 1.81. The standard InChI is InChI=1S/C23H25ClN2O2S/c1-23(2,3)18-8-4-16(5-9-18)20(14-26-13-12-25-15-26)28-22(27)21(29)17-6-10-19(24)11-7-17/h4-13,15,20-21,29H,14H2,1-3H3. The SMILES string of the molecule is CC(C)(C)c1ccc(C(Cn2ccnc2)OC(=O)C(S)c2ccc(Cl)cc2)cc1. The van der Waals surface area contributed by atoms with E-state index >= 15 is 0 Å². The van der Waals surface area contributed by atoms with Gasteiger partial charge in [0.15, 0.2) is 0 Å². The fraction of sp³-hybridized carbons (Fsp3) is 0.304. The lowest BCUT2D eigenvalue weighted by atomic mass is 9.86. The molecule has 0 N–H and O–H groups in total. The lowest BCUT2D eigenvalue weighted by molar-refractivity contribution is -0.149. The number of ether oxygens (including phenoxy) is 1. The van der Waals surface area contributed by atoms with Gasteiger partial charge in [0.1, 0.15) is 11.4 Å². The number of rotatable bonds is 6. The summed E-state index contributed by atoms with van der Waals surface area (Å²) in [6.07, 6.45) is 4.81. The molecule has 0 spiro atoms. The lowest BCUT2D eigenvalue weighted by Crippen LogP contribution is -2.20. The summed E-state index contributed by atoms with van der Waals surface area (Å²) < 4.78 is 7.78. The van der Waals surface area contributed by atoms with Crippen molar-refractivity contribution in [3.05, 3.63) is 89.0 Å². The molecule has 0 saturated heterocycles. The molecule has 1 heterocycles. The normalized spacial score (nSPS) is 13.7. The molecular weight excluding hydrogens is 404 g/mol. The van der Waals surface area contributed by atoms with Gasteiger partial charge < -0.3 is 9.30 Å². The fourth-order valence-electron chi connectivity index (χ4n) is 2.98. The van der Waals surface area contributed by atoms with Crippen LogP contribution < -0.4 is 0 Å². The molecule has 0 fully saturated rings. The summed E-state index contributed by atoms with van der Waals surface area (Å²) in [5.41, 5.74) is 2.95. The summed E-state index contributed by atoms with van der Waals surface area (Å²) in [5, 5.41) is -0.0778. The fourth-order valence-corrected chi connectivity index (χ4v) is 3.34. The molecule has 152 valence electrons. The van der Waals surface area contributed by atoms with Crippen LogP contribution in [-0.2, 0) is 21.5 Å². The van der Waals surface area contributed by atoms with E-state index in [1.807, 2.05) is 22.9 Å². The highest BCUT2D eigenvalue weighted by Gasteiger charge is 2.24. The molecule has 2 unspecified atom stereocenters. The molecule has 0 radical (unpaired) electrons. The molecule has 0 aliphatic rings. The Morgan fingerprint density at radius 1 is 1.10 bits per heavy atom. The Morgan fingerprint density at radius 3 is 2.28 bits per heavy atom. The summed E-state index contributed by atoms with van der Waals surface area (Å²) >= 11 is 10.4. The largest absolute Gasteiger partial charge is 0.454 e. The van der Waals surface area contributed by atoms with Crippen molar-refractivity contribution in [1.29, 1.82) is 0 Å². The van der Waals surface area contributed by atoms with E-state index in [9.17, 15) is 4.79 Å². The second-order valence-corrected chi connectivity index (χ2v) is 8.96. The van der Waals surface area contributed by atoms with Gasteiger partial charge in [0.2, 0.25) is 0 Å². The maximum Gasteiger partial charge on any atom is 0.324 e. The van der Waals surface area contributed by atoms with Crippen molar-refractivity contribution in [2.75, 3.05) is 0 Å². The summed E-state index contributed by atoms with van der Waals surface area (Å²) in [6.45, 7) is 6.98. The third-order valence-corrected chi connectivity index (χ3v) is 5.51. The van der Waals surface area contributed by atoms with Crippen LogP contribution in [0.15, 0.2) is 67.3 Å². The highest BCUT2D eigenvalue weighted by Crippen LogP contribution is 2.29. The minimum atomic E-state index is -0.689. The number of imidazole rings is 1. The van der Waals surface area contributed by atoms with Gasteiger partial charge in [-0.3, -0.25) is 4.79 Å². The summed E-state index contributed by atoms with van der Waals surface area (Å²) in [4.78, 5) is 16.9. The van der Waals surface area contributed by atoms with E-state index in [1.54, 1.807) is 36.8 Å². The van der Waals surface area contributed by atoms with Crippen molar-refractivity contribution in [3.63, 3.8) is 0 Å². The van der Waals surface area contributed by atoms with Gasteiger partial charge >= 0.3 is 5.97 Å². The van der Waals surface area contributed by atoms with Gasteiger partial charge in [0.05, 0.1) is 12.9 Å². The van der Waals surface area contributed by atoms with Crippen LogP contribution in [0.25, 0.3) is 0 Å². The molecule has 0 saturated carbocycles. The van der Waals surface area contributed by atoms with Crippen molar-refractivity contribution in [2.24, 2.45) is 0 Å². The Labute approximate surface area is 182 Å². The zero-order chi connectivity index (χ0) is 21.0. The first-order valence-electron chi connectivity index (χ1n) is 9.44. The number of carbonyl (C=O) groups excluding carboxylic acids is 1. The first kappa shape index (κ1) is 21.5. The monoisotopic (exact) mass is 428 g/mol. The highest BCUT2D eigenvalue weighted by atomic mass is 35.5. The number of thiol groups is 1. The van der Waals surface area contributed by atoms with E-state index in [0.29, 0.717) is 11.6 Å². The molecule has 1 aromatic heterocycles. The van der Waals surface area contributed by atoms with Gasteiger partial charge in [0, 0.05) is 17.4 Å². The second kappa shape index (κ2) is 9.06. The Morgan fingerprint density at radius 2 is 1.72 bits per heavy atom. The Bertz CT molecular complexity index is 933. The van der Waals surface area contributed by atoms with Gasteiger partial charge in [-0.2, -0.15) is 12.6 Å². The summed E-state index contributed by atoms with van der Waals surface area (Å²) in [7, 11) is 0. The number of nitrogens with zero attached hydrogens (tertiary/aromatic N) is 2. The van der Waals surface area contributed by atoms with E-state index in [4.69, 9.17) is 16.3 Å². The zero-order valence-corrected chi connectivity index (χ0v) is 18.4. The third kappa shape index (κ3) is 5.64. The summed E-state index contributed by atoms with van der Waals surface area (Å²) in [5.74, 6) is -0.402. The average Bonchev–Trinajstić information content (AvgIpc) is 3.20. The molecule has 4 nitrogen and oxygen atoms in total. The first-order chi connectivity index (χ1) is 13.7. The Kier molecular flexibility index (Phi) is 6.70. The second-order valence-electron chi connectivity index (χ2n) is 8.01. The number of esters is 1. The average molecular weight is 429 g/mol. The van der Waals surface area contributed by atoms with Crippen molar-refractivity contribution in [2.45, 2.75) is 44.1 Å². The summed E-state index contributed by atoms with van der Waals surface area (Å²) in [6, 6.07) is 15.2. The molecular formula is C23H25ClN2O2S. The van der Waals surface area contributed by atoms with Crippen molar-refractivity contribution in [3.8, 4) is 0 Å². The third-order valence-electron chi connectivity index (χ3n) is 4.75. The smallest absolute Gasteiger partial charge is 0.324 e. The van der Waals surface area contributed by atoms with Gasteiger partial charge in [-0.05, 0) is 34.2 Å². The maximum absolute atomic E-state index is 12.8. The minimum absolute atomic E-state index is 0.0554. The molecule has 0 bridgehead atoms. The van der Waals surface area contributed by atoms with Crippen molar-refractivity contribution < 1.29 is 9.53 Å². The molecule has 0 amide bonds. The van der Waals surface area contributed by atoms with Crippen LogP contribution in [-0.4, -0.2) is 15.5 Å². The van der Waals surface area contributed by atoms with Gasteiger partial charge in [-0.15, -0.1) is 0 Å². The molecule has 0 aliphatic carbocycles. The van der Waals surface area contributed by atoms with Crippen molar-refractivity contribution in [1.82, 2.24) is 9.55 Å². The molecule has 29 heavy (non-hydrogen) atoms. The van der Waals surface area contributed by atoms with E-state index in [2.05, 4.69) is 50.5 Å². The molecule has 6 heteroatoms. The topological polar surface area (TPSA) is 44.1 Å². The van der Waals surface area contributed by atoms with Crippen LogP contribution in [0, 0.1) is 0 Å². The molecule has 3 aromatic rings. The number of hydrogen-bond donors (Lipinski definition) is 1. The molecule has 3 rings (SSSR count). The number of halogens is 1. The van der Waals surface area contributed by atoms with Crippen LogP contribution in [0.4, 0.5) is 0 Å². The number of benzene rings is 2. The Hall–Kier alpha value is -2.24. The van der Waals surface area contributed by atoms with Gasteiger partial charge in [-0.1, -0.05) is 68.8 Å². The predicted octanol–water partition coefficient (Wildman–Crippen LogP) is 5.79. The number of aromatic nitrogens is 2. The van der Waals surface area contributed by atoms with E-state index < -0.39 is 17.3 Å². The van der Waals surface area contributed by atoms with E-state index in [1.165, 1.54) is 5.56 Å². The quantitative estimate of drug-likeness (QED) is 0.399. The number of carbonyl (C=O) groups is 1.